The summed E-state index contributed by atoms with van der Waals surface area (Å²) in [6.45, 7) is 2.29. The van der Waals surface area contributed by atoms with Crippen LogP contribution in [0.25, 0.3) is 0 Å². The van der Waals surface area contributed by atoms with E-state index in [9.17, 15) is 8.42 Å². The van der Waals surface area contributed by atoms with Gasteiger partial charge in [-0.15, -0.1) is 0 Å². The molecule has 0 aromatic rings. The van der Waals surface area contributed by atoms with Gasteiger partial charge in [-0.25, -0.2) is 0 Å². The number of hydrogen-bond acceptors (Lipinski definition) is 4. The Kier molecular flexibility index (Phi) is 6.16. The zero-order chi connectivity index (χ0) is 14.6. The molecule has 0 aromatic heterocycles. The van der Waals surface area contributed by atoms with E-state index in [1.165, 1.54) is 0 Å². The largest absolute Gasteiger partial charge is 0.319 e. The molecule has 7 heteroatoms. The first-order valence-electron chi connectivity index (χ1n) is 7.50. The van der Waals surface area contributed by atoms with Crippen LogP contribution in [0, 0.1) is 5.92 Å². The molecule has 0 spiro atoms. The molecule has 2 N–H and O–H groups in total. The van der Waals surface area contributed by atoms with Crippen molar-refractivity contribution in [3.05, 3.63) is 0 Å². The lowest BCUT2D eigenvalue weighted by molar-refractivity contribution is 0.267. The Hall–Kier alpha value is 0.180. The third-order valence-electron chi connectivity index (χ3n) is 4.44. The molecule has 1 heterocycles. The van der Waals surface area contributed by atoms with Crippen molar-refractivity contribution < 1.29 is 8.42 Å². The second-order valence-electron chi connectivity index (χ2n) is 5.89. The van der Waals surface area contributed by atoms with Crippen molar-refractivity contribution in [3.8, 4) is 0 Å². The summed E-state index contributed by atoms with van der Waals surface area (Å²) >= 11 is 1.85. The number of nitrogens with zero attached hydrogens (tertiary/aromatic N) is 1. The summed E-state index contributed by atoms with van der Waals surface area (Å²) in [4.78, 5) is 0. The Bertz CT molecular complexity index is 394. The lowest BCUT2D eigenvalue weighted by Crippen LogP contribution is -2.48. The molecule has 1 aliphatic carbocycles. The highest BCUT2D eigenvalue weighted by molar-refractivity contribution is 7.99. The fourth-order valence-electron chi connectivity index (χ4n) is 3.19. The van der Waals surface area contributed by atoms with Gasteiger partial charge in [0.2, 0.25) is 0 Å². The van der Waals surface area contributed by atoms with Crippen molar-refractivity contribution in [1.82, 2.24) is 14.3 Å². The summed E-state index contributed by atoms with van der Waals surface area (Å²) in [6.07, 6.45) is 7.09. The van der Waals surface area contributed by atoms with E-state index in [0.717, 1.165) is 38.6 Å². The molecular weight excluding hydrogens is 294 g/mol. The van der Waals surface area contributed by atoms with Crippen molar-refractivity contribution in [2.24, 2.45) is 5.92 Å². The SMILES string of the molecule is CNCC1CCN(S(=O)(=O)NC2CCC(SC)C2)CC1. The van der Waals surface area contributed by atoms with E-state index in [4.69, 9.17) is 0 Å². The van der Waals surface area contributed by atoms with E-state index >= 15 is 0 Å². The Morgan fingerprint density at radius 2 is 1.90 bits per heavy atom. The average molecular weight is 322 g/mol. The molecule has 20 heavy (non-hydrogen) atoms. The maximum atomic E-state index is 12.4. The fraction of sp³-hybridized carbons (Fsp3) is 1.00. The second kappa shape index (κ2) is 7.45. The maximum absolute atomic E-state index is 12.4. The lowest BCUT2D eigenvalue weighted by atomic mass is 9.98. The van der Waals surface area contributed by atoms with Crippen LogP contribution in [0.15, 0.2) is 0 Å². The molecule has 118 valence electrons. The van der Waals surface area contributed by atoms with Gasteiger partial charge in [0.15, 0.2) is 0 Å². The van der Waals surface area contributed by atoms with E-state index in [2.05, 4.69) is 16.3 Å². The summed E-state index contributed by atoms with van der Waals surface area (Å²) in [6, 6.07) is 0.132. The molecule has 2 unspecified atom stereocenters. The molecule has 0 amide bonds. The van der Waals surface area contributed by atoms with E-state index in [-0.39, 0.29) is 6.04 Å². The lowest BCUT2D eigenvalue weighted by Gasteiger charge is -2.32. The molecule has 1 aliphatic heterocycles. The van der Waals surface area contributed by atoms with Gasteiger partial charge in [-0.2, -0.15) is 29.2 Å². The van der Waals surface area contributed by atoms with Gasteiger partial charge in [0.1, 0.15) is 0 Å². The van der Waals surface area contributed by atoms with E-state index < -0.39 is 10.2 Å². The predicted octanol–water partition coefficient (Wildman–Crippen LogP) is 1.04. The van der Waals surface area contributed by atoms with E-state index in [1.807, 2.05) is 18.8 Å². The van der Waals surface area contributed by atoms with Crippen LogP contribution in [0.4, 0.5) is 0 Å². The summed E-state index contributed by atoms with van der Waals surface area (Å²) < 4.78 is 29.3. The van der Waals surface area contributed by atoms with Crippen LogP contribution in [0.3, 0.4) is 0 Å². The highest BCUT2D eigenvalue weighted by Crippen LogP contribution is 2.29. The molecule has 1 saturated carbocycles. The van der Waals surface area contributed by atoms with Crippen molar-refractivity contribution in [3.63, 3.8) is 0 Å². The molecule has 2 atom stereocenters. The van der Waals surface area contributed by atoms with Gasteiger partial charge >= 0.3 is 0 Å². The number of piperidine rings is 1. The third kappa shape index (κ3) is 4.34. The number of rotatable bonds is 6. The Labute approximate surface area is 127 Å². The monoisotopic (exact) mass is 321 g/mol. The van der Waals surface area contributed by atoms with Gasteiger partial charge in [0, 0.05) is 24.4 Å². The minimum absolute atomic E-state index is 0.132. The van der Waals surface area contributed by atoms with Crippen molar-refractivity contribution in [2.45, 2.75) is 43.4 Å². The summed E-state index contributed by atoms with van der Waals surface area (Å²) in [5.74, 6) is 0.610. The Balaban J connectivity index is 1.82. The minimum atomic E-state index is -3.28. The molecule has 2 rings (SSSR count). The van der Waals surface area contributed by atoms with E-state index in [1.54, 1.807) is 4.31 Å². The van der Waals surface area contributed by atoms with Crippen LogP contribution >= 0.6 is 11.8 Å². The topological polar surface area (TPSA) is 61.4 Å². The van der Waals surface area contributed by atoms with E-state index in [0.29, 0.717) is 24.3 Å². The van der Waals surface area contributed by atoms with Crippen LogP contribution < -0.4 is 10.0 Å². The van der Waals surface area contributed by atoms with Gasteiger partial charge in [0.25, 0.3) is 10.2 Å². The zero-order valence-electron chi connectivity index (χ0n) is 12.5. The van der Waals surface area contributed by atoms with Crippen molar-refractivity contribution >= 4 is 22.0 Å². The van der Waals surface area contributed by atoms with Gasteiger partial charge < -0.3 is 5.32 Å². The molecule has 0 aromatic carbocycles. The summed E-state index contributed by atoms with van der Waals surface area (Å²) in [7, 11) is -1.33. The van der Waals surface area contributed by atoms with Gasteiger partial charge in [0.05, 0.1) is 0 Å². The van der Waals surface area contributed by atoms with Crippen molar-refractivity contribution in [1.29, 1.82) is 0 Å². The Morgan fingerprint density at radius 1 is 1.20 bits per heavy atom. The number of nitrogens with one attached hydrogen (secondary N) is 2. The smallest absolute Gasteiger partial charge is 0.279 e. The van der Waals surface area contributed by atoms with Crippen molar-refractivity contribution in [2.75, 3.05) is 32.9 Å². The quantitative estimate of drug-likeness (QED) is 0.767. The minimum Gasteiger partial charge on any atom is -0.319 e. The Morgan fingerprint density at radius 3 is 2.45 bits per heavy atom. The normalized spacial score (nSPS) is 29.9. The highest BCUT2D eigenvalue weighted by Gasteiger charge is 2.32. The first kappa shape index (κ1) is 16.5. The molecule has 0 radical (unpaired) electrons. The molecule has 1 saturated heterocycles. The standard InChI is InChI=1S/C13H27N3O2S2/c1-14-10-11-5-7-16(8-6-11)20(17,18)15-12-3-4-13(9-12)19-2/h11-15H,3-10H2,1-2H3. The molecule has 0 bridgehead atoms. The predicted molar refractivity (Wildman–Crippen MR) is 85.2 cm³/mol. The van der Waals surface area contributed by atoms with Gasteiger partial charge in [-0.3, -0.25) is 0 Å². The van der Waals surface area contributed by atoms with Crippen LogP contribution in [0.1, 0.15) is 32.1 Å². The zero-order valence-corrected chi connectivity index (χ0v) is 14.1. The summed E-state index contributed by atoms with van der Waals surface area (Å²) in [5.41, 5.74) is 0. The first-order valence-corrected chi connectivity index (χ1v) is 10.2. The molecular formula is C13H27N3O2S2. The number of thioether (sulfide) groups is 1. The van der Waals surface area contributed by atoms with Gasteiger partial charge in [-0.05, 0) is 57.9 Å². The summed E-state index contributed by atoms with van der Waals surface area (Å²) in [5, 5.41) is 3.79. The van der Waals surface area contributed by atoms with Crippen LogP contribution in [0.2, 0.25) is 0 Å². The number of hydrogen-bond donors (Lipinski definition) is 2. The molecule has 5 nitrogen and oxygen atoms in total. The molecule has 2 aliphatic rings. The maximum Gasteiger partial charge on any atom is 0.279 e. The van der Waals surface area contributed by atoms with Crippen LogP contribution in [-0.4, -0.2) is 57.0 Å². The highest BCUT2D eigenvalue weighted by atomic mass is 32.2. The van der Waals surface area contributed by atoms with Gasteiger partial charge in [-0.1, -0.05) is 0 Å². The van der Waals surface area contributed by atoms with Crippen LogP contribution in [0.5, 0.6) is 0 Å². The second-order valence-corrected chi connectivity index (χ2v) is 8.73. The first-order chi connectivity index (χ1) is 9.55. The fourth-order valence-corrected chi connectivity index (χ4v) is 5.46. The van der Waals surface area contributed by atoms with Crippen LogP contribution in [-0.2, 0) is 10.2 Å². The average Bonchev–Trinajstić information content (AvgIpc) is 2.87. The molecule has 2 fully saturated rings. The third-order valence-corrected chi connectivity index (χ3v) is 7.21.